The number of pyridine rings is 1. The fourth-order valence-corrected chi connectivity index (χ4v) is 2.40. The van der Waals surface area contributed by atoms with Gasteiger partial charge in [0, 0.05) is 24.8 Å². The van der Waals surface area contributed by atoms with E-state index in [4.69, 9.17) is 16.1 Å². The molecule has 23 heavy (non-hydrogen) atoms. The lowest BCUT2D eigenvalue weighted by Crippen LogP contribution is -2.22. The van der Waals surface area contributed by atoms with Gasteiger partial charge in [0.15, 0.2) is 0 Å². The monoisotopic (exact) mass is 328 g/mol. The van der Waals surface area contributed by atoms with Gasteiger partial charge in [0.1, 0.15) is 11.7 Å². The van der Waals surface area contributed by atoms with Crippen LogP contribution in [-0.2, 0) is 12.4 Å². The normalized spacial score (nSPS) is 10.7. The predicted octanol–water partition coefficient (Wildman–Crippen LogP) is 3.90. The van der Waals surface area contributed by atoms with E-state index in [9.17, 15) is 0 Å². The Labute approximate surface area is 139 Å². The van der Waals surface area contributed by atoms with Crippen LogP contribution in [0.25, 0.3) is 11.4 Å². The van der Waals surface area contributed by atoms with Crippen LogP contribution in [0.3, 0.4) is 0 Å². The second kappa shape index (κ2) is 7.24. The molecule has 3 rings (SSSR count). The maximum Gasteiger partial charge on any atom is 0.241 e. The number of alkyl halides is 1. The summed E-state index contributed by atoms with van der Waals surface area (Å²) in [6.45, 7) is 3.81. The maximum absolute atomic E-state index is 5.67. The zero-order valence-corrected chi connectivity index (χ0v) is 13.6. The second-order valence-electron chi connectivity index (χ2n) is 5.05. The van der Waals surface area contributed by atoms with Crippen LogP contribution in [0, 0.1) is 0 Å². The van der Waals surface area contributed by atoms with Crippen molar-refractivity contribution in [1.82, 2.24) is 15.1 Å². The molecule has 2 aromatic heterocycles. The highest BCUT2D eigenvalue weighted by atomic mass is 35.5. The number of nitrogens with zero attached hydrogens (tertiary/aromatic N) is 4. The van der Waals surface area contributed by atoms with E-state index >= 15 is 0 Å². The Morgan fingerprint density at radius 1 is 1.13 bits per heavy atom. The Morgan fingerprint density at radius 2 is 1.96 bits per heavy atom. The fraction of sp³-hybridized carbons (Fsp3) is 0.235. The van der Waals surface area contributed by atoms with Crippen molar-refractivity contribution >= 4 is 17.4 Å². The van der Waals surface area contributed by atoms with Crippen molar-refractivity contribution < 1.29 is 4.52 Å². The van der Waals surface area contributed by atoms with Gasteiger partial charge >= 0.3 is 0 Å². The zero-order chi connectivity index (χ0) is 16.1. The number of halogens is 1. The van der Waals surface area contributed by atoms with Crippen LogP contribution in [0.2, 0.25) is 0 Å². The highest BCUT2D eigenvalue weighted by molar-refractivity contribution is 6.16. The first-order valence-corrected chi connectivity index (χ1v) is 7.97. The molecule has 0 aliphatic heterocycles. The van der Waals surface area contributed by atoms with Crippen LogP contribution >= 0.6 is 11.6 Å². The Balaban J connectivity index is 1.77. The van der Waals surface area contributed by atoms with Crippen LogP contribution in [0.4, 0.5) is 5.82 Å². The lowest BCUT2D eigenvalue weighted by Gasteiger charge is -2.22. The number of anilines is 1. The quantitative estimate of drug-likeness (QED) is 0.642. The van der Waals surface area contributed by atoms with Crippen LogP contribution in [0.15, 0.2) is 53.2 Å². The summed E-state index contributed by atoms with van der Waals surface area (Å²) >= 11 is 5.67. The molecule has 0 saturated carbocycles. The average Bonchev–Trinajstić information content (AvgIpc) is 3.10. The molecule has 0 bridgehead atoms. The minimum Gasteiger partial charge on any atom is -0.353 e. The van der Waals surface area contributed by atoms with E-state index in [0.29, 0.717) is 11.7 Å². The highest BCUT2D eigenvalue weighted by Crippen LogP contribution is 2.20. The molecule has 2 heterocycles. The van der Waals surface area contributed by atoms with Gasteiger partial charge in [-0.1, -0.05) is 35.5 Å². The van der Waals surface area contributed by atoms with Crippen molar-refractivity contribution in [2.75, 3.05) is 11.4 Å². The van der Waals surface area contributed by atoms with Crippen LogP contribution in [0.5, 0.6) is 0 Å². The molecule has 118 valence electrons. The van der Waals surface area contributed by atoms with Gasteiger partial charge < -0.3 is 9.42 Å². The molecule has 0 fully saturated rings. The summed E-state index contributed by atoms with van der Waals surface area (Å²) in [6, 6.07) is 14.3. The summed E-state index contributed by atoms with van der Waals surface area (Å²) in [7, 11) is 0. The van der Waals surface area contributed by atoms with Crippen molar-refractivity contribution in [1.29, 1.82) is 0 Å². The van der Waals surface area contributed by atoms with Gasteiger partial charge in [0.25, 0.3) is 0 Å². The smallest absolute Gasteiger partial charge is 0.241 e. The first-order chi connectivity index (χ1) is 11.3. The van der Waals surface area contributed by atoms with Crippen molar-refractivity contribution in [3.8, 4) is 11.4 Å². The van der Waals surface area contributed by atoms with Gasteiger partial charge in [0.05, 0.1) is 0 Å². The molecule has 0 aliphatic rings. The van der Waals surface area contributed by atoms with E-state index in [1.807, 2.05) is 30.3 Å². The predicted molar refractivity (Wildman–Crippen MR) is 90.3 cm³/mol. The van der Waals surface area contributed by atoms with Gasteiger partial charge in [-0.25, -0.2) is 4.98 Å². The molecular formula is C17H17ClN4O. The Hall–Kier alpha value is -2.40. The third-order valence-corrected chi connectivity index (χ3v) is 3.74. The minimum atomic E-state index is 0.208. The molecule has 0 amide bonds. The first kappa shape index (κ1) is 15.5. The largest absolute Gasteiger partial charge is 0.353 e. The Morgan fingerprint density at radius 3 is 2.57 bits per heavy atom. The van der Waals surface area contributed by atoms with Gasteiger partial charge in [0.2, 0.25) is 11.7 Å². The molecule has 1 aromatic carbocycles. The molecular weight excluding hydrogens is 312 g/mol. The maximum atomic E-state index is 5.67. The van der Waals surface area contributed by atoms with Gasteiger partial charge in [-0.15, -0.1) is 11.6 Å². The van der Waals surface area contributed by atoms with E-state index in [1.165, 1.54) is 5.56 Å². The lowest BCUT2D eigenvalue weighted by molar-refractivity contribution is 0.391. The van der Waals surface area contributed by atoms with Crippen LogP contribution in [-0.4, -0.2) is 21.7 Å². The summed E-state index contributed by atoms with van der Waals surface area (Å²) in [4.78, 5) is 10.9. The number of hydrogen-bond donors (Lipinski definition) is 0. The number of benzene rings is 1. The fourth-order valence-electron chi connectivity index (χ4n) is 2.29. The van der Waals surface area contributed by atoms with E-state index in [0.717, 1.165) is 24.5 Å². The van der Waals surface area contributed by atoms with E-state index in [1.54, 1.807) is 6.20 Å². The molecule has 0 N–H and O–H groups in total. The molecule has 0 aliphatic carbocycles. The van der Waals surface area contributed by atoms with Crippen LogP contribution < -0.4 is 4.90 Å². The van der Waals surface area contributed by atoms with E-state index in [-0.39, 0.29) is 5.88 Å². The number of aromatic nitrogens is 3. The zero-order valence-electron chi connectivity index (χ0n) is 12.8. The topological polar surface area (TPSA) is 55.1 Å². The minimum absolute atomic E-state index is 0.208. The SMILES string of the molecule is CCN(Cc1ccccc1)c1ccc(-c2noc(CCl)n2)cn1. The third-order valence-electron chi connectivity index (χ3n) is 3.51. The molecule has 0 radical (unpaired) electrons. The van der Waals surface area contributed by atoms with E-state index in [2.05, 4.69) is 39.1 Å². The van der Waals surface area contributed by atoms with Gasteiger partial charge in [-0.05, 0) is 24.6 Å². The van der Waals surface area contributed by atoms with Crippen molar-refractivity contribution in [2.24, 2.45) is 0 Å². The lowest BCUT2D eigenvalue weighted by atomic mass is 10.2. The van der Waals surface area contributed by atoms with Gasteiger partial charge in [-0.2, -0.15) is 4.98 Å². The Bertz CT molecular complexity index is 743. The summed E-state index contributed by atoms with van der Waals surface area (Å²) in [6.07, 6.45) is 1.76. The summed E-state index contributed by atoms with van der Waals surface area (Å²) in [5.41, 5.74) is 2.06. The standard InChI is InChI=1S/C17H17ClN4O/c1-2-22(12-13-6-4-3-5-7-13)15-9-8-14(11-19-15)17-20-16(10-18)23-21-17/h3-9,11H,2,10,12H2,1H3. The molecule has 5 nitrogen and oxygen atoms in total. The Kier molecular flexibility index (Phi) is 4.88. The van der Waals surface area contributed by atoms with Crippen molar-refractivity contribution in [2.45, 2.75) is 19.3 Å². The molecule has 0 spiro atoms. The molecule has 0 saturated heterocycles. The average molecular weight is 329 g/mol. The highest BCUT2D eigenvalue weighted by Gasteiger charge is 2.10. The first-order valence-electron chi connectivity index (χ1n) is 7.44. The van der Waals surface area contributed by atoms with Crippen molar-refractivity contribution in [3.05, 3.63) is 60.1 Å². The number of rotatable bonds is 6. The second-order valence-corrected chi connectivity index (χ2v) is 5.32. The summed E-state index contributed by atoms with van der Waals surface area (Å²) < 4.78 is 5.01. The van der Waals surface area contributed by atoms with Crippen molar-refractivity contribution in [3.63, 3.8) is 0 Å². The van der Waals surface area contributed by atoms with Crippen LogP contribution in [0.1, 0.15) is 18.4 Å². The van der Waals surface area contributed by atoms with Gasteiger partial charge in [-0.3, -0.25) is 0 Å². The number of hydrogen-bond acceptors (Lipinski definition) is 5. The molecule has 0 unspecified atom stereocenters. The molecule has 3 aromatic rings. The summed E-state index contributed by atoms with van der Waals surface area (Å²) in [5.74, 6) is 2.04. The molecule has 6 heteroatoms. The van der Waals surface area contributed by atoms with E-state index < -0.39 is 0 Å². The third kappa shape index (κ3) is 3.68. The molecule has 0 atom stereocenters. The summed E-state index contributed by atoms with van der Waals surface area (Å²) in [5, 5.41) is 3.90.